The molecule has 0 N–H and O–H groups in total. The molecule has 0 radical (unpaired) electrons. The third-order valence-electron chi connectivity index (χ3n) is 3.66. The molecule has 0 saturated carbocycles. The predicted octanol–water partition coefficient (Wildman–Crippen LogP) is 4.82. The van der Waals surface area contributed by atoms with Crippen LogP contribution >= 0.6 is 0 Å². The van der Waals surface area contributed by atoms with Gasteiger partial charge in [0.15, 0.2) is 0 Å². The van der Waals surface area contributed by atoms with Gasteiger partial charge in [-0.3, -0.25) is 4.98 Å². The van der Waals surface area contributed by atoms with Crippen LogP contribution in [0.25, 0.3) is 11.1 Å². The fourth-order valence-electron chi connectivity index (χ4n) is 2.24. The van der Waals surface area contributed by atoms with E-state index in [1.165, 1.54) is 28.7 Å². The summed E-state index contributed by atoms with van der Waals surface area (Å²) in [5.74, 6) is 0.622. The van der Waals surface area contributed by atoms with Gasteiger partial charge < -0.3 is 0 Å². The first-order chi connectivity index (χ1) is 8.76. The molecule has 2 rings (SSSR count). The van der Waals surface area contributed by atoms with E-state index in [2.05, 4.69) is 56.1 Å². The molecule has 1 aromatic heterocycles. The minimum atomic E-state index is 0.622. The average Bonchev–Trinajstić information content (AvgIpc) is 2.46. The van der Waals surface area contributed by atoms with Gasteiger partial charge in [0, 0.05) is 12.4 Å². The van der Waals surface area contributed by atoms with Crippen molar-refractivity contribution >= 4 is 0 Å². The Morgan fingerprint density at radius 2 is 2.00 bits per heavy atom. The molecule has 0 fully saturated rings. The van der Waals surface area contributed by atoms with E-state index in [4.69, 9.17) is 0 Å². The van der Waals surface area contributed by atoms with Crippen LogP contribution in [0.2, 0.25) is 0 Å². The molecule has 0 aliphatic heterocycles. The average molecular weight is 239 g/mol. The lowest BCUT2D eigenvalue weighted by Crippen LogP contribution is -1.93. The Morgan fingerprint density at radius 3 is 2.72 bits per heavy atom. The van der Waals surface area contributed by atoms with Crippen molar-refractivity contribution in [2.45, 2.75) is 39.5 Å². The van der Waals surface area contributed by atoms with Crippen molar-refractivity contribution in [3.63, 3.8) is 0 Å². The number of pyridine rings is 1. The van der Waals surface area contributed by atoms with Crippen LogP contribution in [0, 0.1) is 0 Å². The second-order valence-electron chi connectivity index (χ2n) is 4.82. The molecule has 1 aromatic carbocycles. The van der Waals surface area contributed by atoms with Crippen LogP contribution in [0.5, 0.6) is 0 Å². The zero-order chi connectivity index (χ0) is 13.0. The first-order valence-corrected chi connectivity index (χ1v) is 6.79. The van der Waals surface area contributed by atoms with Gasteiger partial charge in [0.2, 0.25) is 0 Å². The highest BCUT2D eigenvalue weighted by Gasteiger charge is 2.07. The van der Waals surface area contributed by atoms with E-state index in [0.717, 1.165) is 6.42 Å². The fourth-order valence-corrected chi connectivity index (χ4v) is 2.24. The van der Waals surface area contributed by atoms with E-state index in [1.807, 2.05) is 12.4 Å². The number of aryl methyl sites for hydroxylation is 1. The number of aromatic nitrogens is 1. The summed E-state index contributed by atoms with van der Waals surface area (Å²) in [6, 6.07) is 11.0. The standard InChI is InChI=1S/C17H21N/c1-4-13(3)15-7-6-8-16(11-15)17-9-10-18-12-14(17)5-2/h6-13H,4-5H2,1-3H3. The van der Waals surface area contributed by atoms with Crippen molar-refractivity contribution in [1.29, 1.82) is 0 Å². The molecular weight excluding hydrogens is 218 g/mol. The van der Waals surface area contributed by atoms with Crippen molar-refractivity contribution in [2.24, 2.45) is 0 Å². The van der Waals surface area contributed by atoms with Crippen molar-refractivity contribution in [3.05, 3.63) is 53.9 Å². The summed E-state index contributed by atoms with van der Waals surface area (Å²) in [7, 11) is 0. The van der Waals surface area contributed by atoms with Gasteiger partial charge in [-0.25, -0.2) is 0 Å². The maximum Gasteiger partial charge on any atom is 0.0305 e. The van der Waals surface area contributed by atoms with Crippen LogP contribution in [0.15, 0.2) is 42.7 Å². The van der Waals surface area contributed by atoms with Crippen molar-refractivity contribution in [3.8, 4) is 11.1 Å². The summed E-state index contributed by atoms with van der Waals surface area (Å²) in [6.45, 7) is 6.70. The lowest BCUT2D eigenvalue weighted by molar-refractivity contribution is 0.734. The van der Waals surface area contributed by atoms with Crippen molar-refractivity contribution < 1.29 is 0 Å². The maximum absolute atomic E-state index is 4.22. The first kappa shape index (κ1) is 12.8. The summed E-state index contributed by atoms with van der Waals surface area (Å²) < 4.78 is 0. The quantitative estimate of drug-likeness (QED) is 0.745. The molecule has 0 aliphatic rings. The van der Waals surface area contributed by atoms with Crippen molar-refractivity contribution in [1.82, 2.24) is 4.98 Å². The molecule has 94 valence electrons. The Hall–Kier alpha value is -1.63. The zero-order valence-corrected chi connectivity index (χ0v) is 11.5. The predicted molar refractivity (Wildman–Crippen MR) is 77.8 cm³/mol. The molecule has 2 aromatic rings. The van der Waals surface area contributed by atoms with E-state index < -0.39 is 0 Å². The van der Waals surface area contributed by atoms with Crippen LogP contribution in [-0.2, 0) is 6.42 Å². The zero-order valence-electron chi connectivity index (χ0n) is 11.5. The molecule has 1 atom stereocenters. The number of hydrogen-bond acceptors (Lipinski definition) is 1. The van der Waals surface area contributed by atoms with Crippen LogP contribution in [0.1, 0.15) is 44.2 Å². The van der Waals surface area contributed by atoms with E-state index in [0.29, 0.717) is 5.92 Å². The van der Waals surface area contributed by atoms with Gasteiger partial charge in [0.05, 0.1) is 0 Å². The molecule has 0 spiro atoms. The van der Waals surface area contributed by atoms with E-state index in [9.17, 15) is 0 Å². The molecule has 1 unspecified atom stereocenters. The van der Waals surface area contributed by atoms with E-state index in [-0.39, 0.29) is 0 Å². The monoisotopic (exact) mass is 239 g/mol. The topological polar surface area (TPSA) is 12.9 Å². The molecule has 18 heavy (non-hydrogen) atoms. The minimum Gasteiger partial charge on any atom is -0.264 e. The van der Waals surface area contributed by atoms with Crippen LogP contribution in [0.3, 0.4) is 0 Å². The summed E-state index contributed by atoms with van der Waals surface area (Å²) in [4.78, 5) is 4.22. The van der Waals surface area contributed by atoms with Gasteiger partial charge in [-0.15, -0.1) is 0 Å². The van der Waals surface area contributed by atoms with Gasteiger partial charge in [-0.05, 0) is 47.1 Å². The van der Waals surface area contributed by atoms with E-state index >= 15 is 0 Å². The molecule has 0 bridgehead atoms. The highest BCUT2D eigenvalue weighted by Crippen LogP contribution is 2.27. The summed E-state index contributed by atoms with van der Waals surface area (Å²) in [5, 5.41) is 0. The number of benzene rings is 1. The third-order valence-corrected chi connectivity index (χ3v) is 3.66. The molecule has 0 amide bonds. The molecule has 1 heterocycles. The van der Waals surface area contributed by atoms with Crippen LogP contribution in [-0.4, -0.2) is 4.98 Å². The Bertz CT molecular complexity index is 517. The lowest BCUT2D eigenvalue weighted by atomic mass is 9.93. The third kappa shape index (κ3) is 2.61. The summed E-state index contributed by atoms with van der Waals surface area (Å²) >= 11 is 0. The summed E-state index contributed by atoms with van der Waals surface area (Å²) in [5.41, 5.74) is 5.37. The Kier molecular flexibility index (Phi) is 4.14. The normalized spacial score (nSPS) is 12.4. The van der Waals surface area contributed by atoms with Gasteiger partial charge in [-0.1, -0.05) is 45.0 Å². The van der Waals surface area contributed by atoms with Gasteiger partial charge >= 0.3 is 0 Å². The Labute approximate surface area is 110 Å². The first-order valence-electron chi connectivity index (χ1n) is 6.79. The van der Waals surface area contributed by atoms with Crippen molar-refractivity contribution in [2.75, 3.05) is 0 Å². The second-order valence-corrected chi connectivity index (χ2v) is 4.82. The molecule has 0 saturated heterocycles. The summed E-state index contributed by atoms with van der Waals surface area (Å²) in [6.07, 6.45) is 6.06. The SMILES string of the molecule is CCc1cnccc1-c1cccc(C(C)CC)c1. The highest BCUT2D eigenvalue weighted by atomic mass is 14.6. The molecule has 0 aliphatic carbocycles. The largest absolute Gasteiger partial charge is 0.264 e. The van der Waals surface area contributed by atoms with Crippen LogP contribution < -0.4 is 0 Å². The lowest BCUT2D eigenvalue weighted by Gasteiger charge is -2.12. The molecule has 1 nitrogen and oxygen atoms in total. The Balaban J connectivity index is 2.44. The number of rotatable bonds is 4. The maximum atomic E-state index is 4.22. The number of nitrogens with zero attached hydrogens (tertiary/aromatic N) is 1. The van der Waals surface area contributed by atoms with Gasteiger partial charge in [0.1, 0.15) is 0 Å². The van der Waals surface area contributed by atoms with Gasteiger partial charge in [0.25, 0.3) is 0 Å². The van der Waals surface area contributed by atoms with Crippen LogP contribution in [0.4, 0.5) is 0 Å². The second kappa shape index (κ2) is 5.81. The van der Waals surface area contributed by atoms with Gasteiger partial charge in [-0.2, -0.15) is 0 Å². The molecular formula is C17H21N. The highest BCUT2D eigenvalue weighted by molar-refractivity contribution is 5.67. The minimum absolute atomic E-state index is 0.622. The Morgan fingerprint density at radius 1 is 1.17 bits per heavy atom. The number of hydrogen-bond donors (Lipinski definition) is 0. The smallest absolute Gasteiger partial charge is 0.0305 e. The molecule has 1 heteroatoms. The van der Waals surface area contributed by atoms with E-state index in [1.54, 1.807) is 0 Å². The fraction of sp³-hybridized carbons (Fsp3) is 0.353.